The topological polar surface area (TPSA) is 63.6 Å². The molecule has 0 aromatic heterocycles. The number of carboxylic acid groups (broad SMARTS) is 1. The molecule has 0 aliphatic heterocycles. The van der Waals surface area contributed by atoms with Crippen LogP contribution in [0.1, 0.15) is 34.1 Å². The van der Waals surface area contributed by atoms with Gasteiger partial charge in [-0.2, -0.15) is 0 Å². The number of benzene rings is 3. The Kier molecular flexibility index (Phi) is 3.98. The maximum absolute atomic E-state index is 13.2. The Morgan fingerprint density at radius 3 is 1.62 bits per heavy atom. The fourth-order valence-corrected chi connectivity index (χ4v) is 4.94. The van der Waals surface area contributed by atoms with Crippen LogP contribution in [0.15, 0.2) is 72.8 Å². The van der Waals surface area contributed by atoms with E-state index in [-0.39, 0.29) is 5.75 Å². The van der Waals surface area contributed by atoms with Gasteiger partial charge in [-0.15, -0.1) is 0 Å². The Morgan fingerprint density at radius 2 is 1.17 bits per heavy atom. The van der Waals surface area contributed by atoms with Crippen molar-refractivity contribution in [2.24, 2.45) is 11.8 Å². The molecule has 5 heteroatoms. The first-order valence-corrected chi connectivity index (χ1v) is 9.44. The molecule has 2 bridgehead atoms. The molecule has 3 aliphatic carbocycles. The van der Waals surface area contributed by atoms with Crippen molar-refractivity contribution in [3.63, 3.8) is 0 Å². The van der Waals surface area contributed by atoms with Crippen molar-refractivity contribution in [2.75, 3.05) is 0 Å². The Morgan fingerprint density at radius 1 is 0.724 bits per heavy atom. The quantitative estimate of drug-likeness (QED) is 0.536. The number of hydrogen-bond acceptors (Lipinski definition) is 3. The highest BCUT2D eigenvalue weighted by atomic mass is 19.1. The van der Waals surface area contributed by atoms with E-state index in [1.54, 1.807) is 0 Å². The average Bonchev–Trinajstić information content (AvgIpc) is 2.74. The van der Waals surface area contributed by atoms with Crippen LogP contribution in [0.25, 0.3) is 0 Å². The molecule has 0 heterocycles. The van der Waals surface area contributed by atoms with E-state index >= 15 is 0 Å². The van der Waals surface area contributed by atoms with E-state index in [2.05, 4.69) is 0 Å². The van der Waals surface area contributed by atoms with Gasteiger partial charge in [-0.1, -0.05) is 48.5 Å². The van der Waals surface area contributed by atoms with Crippen LogP contribution in [0.3, 0.4) is 0 Å². The van der Waals surface area contributed by atoms with E-state index in [0.717, 1.165) is 22.3 Å². The Balaban J connectivity index is 1.64. The Bertz CT molecular complexity index is 1070. The summed E-state index contributed by atoms with van der Waals surface area (Å²) < 4.78 is 18.7. The summed E-state index contributed by atoms with van der Waals surface area (Å²) in [5.41, 5.74) is 3.84. The summed E-state index contributed by atoms with van der Waals surface area (Å²) in [5.74, 6) is -4.49. The maximum Gasteiger partial charge on any atom is 0.316 e. The predicted molar refractivity (Wildman–Crippen MR) is 103 cm³/mol. The van der Waals surface area contributed by atoms with Crippen LogP contribution in [0, 0.1) is 17.7 Å². The van der Waals surface area contributed by atoms with Gasteiger partial charge in [0, 0.05) is 11.8 Å². The SMILES string of the molecule is O=C(O)C1C2c3ccccc3C(c3ccccc32)C1C(=O)Oc1ccc(F)cc1. The lowest BCUT2D eigenvalue weighted by Gasteiger charge is -2.47. The average molecular weight is 388 g/mol. The molecule has 0 saturated heterocycles. The van der Waals surface area contributed by atoms with Gasteiger partial charge in [0.1, 0.15) is 11.6 Å². The van der Waals surface area contributed by atoms with E-state index in [1.165, 1.54) is 24.3 Å². The number of carboxylic acids is 1. The summed E-state index contributed by atoms with van der Waals surface area (Å²) in [5, 5.41) is 10.1. The normalized spacial score (nSPS) is 23.8. The van der Waals surface area contributed by atoms with Crippen molar-refractivity contribution in [1.29, 1.82) is 0 Å². The van der Waals surface area contributed by atoms with Gasteiger partial charge in [0.15, 0.2) is 0 Å². The van der Waals surface area contributed by atoms with E-state index in [1.807, 2.05) is 48.5 Å². The second-order valence-electron chi connectivity index (χ2n) is 7.48. The zero-order chi connectivity index (χ0) is 20.1. The standard InChI is InChI=1S/C24H17FO4/c25-13-9-11-14(12-10-13)29-24(28)22-20-17-7-3-1-5-15(17)19(21(22)23(26)27)16-6-2-4-8-18(16)20/h1-12,19-22H,(H,26,27). The minimum atomic E-state index is -1.02. The number of aliphatic carboxylic acids is 1. The molecule has 3 aromatic rings. The third-order valence-corrected chi connectivity index (χ3v) is 6.03. The Hall–Kier alpha value is -3.47. The predicted octanol–water partition coefficient (Wildman–Crippen LogP) is 4.34. The van der Waals surface area contributed by atoms with Gasteiger partial charge in [0.25, 0.3) is 0 Å². The third kappa shape index (κ3) is 2.65. The molecule has 3 aliphatic rings. The molecule has 2 unspecified atom stereocenters. The molecule has 3 aromatic carbocycles. The molecular weight excluding hydrogens is 371 g/mol. The summed E-state index contributed by atoms with van der Waals surface area (Å²) >= 11 is 0. The number of carbonyl (C=O) groups is 2. The number of esters is 1. The number of halogens is 1. The minimum Gasteiger partial charge on any atom is -0.481 e. The van der Waals surface area contributed by atoms with Crippen LogP contribution >= 0.6 is 0 Å². The number of rotatable bonds is 3. The largest absolute Gasteiger partial charge is 0.481 e. The van der Waals surface area contributed by atoms with Gasteiger partial charge >= 0.3 is 11.9 Å². The van der Waals surface area contributed by atoms with Crippen molar-refractivity contribution in [2.45, 2.75) is 11.8 Å². The highest BCUT2D eigenvalue weighted by Gasteiger charge is 2.56. The van der Waals surface area contributed by atoms with Crippen LogP contribution in [0.5, 0.6) is 5.75 Å². The summed E-state index contributed by atoms with van der Waals surface area (Å²) in [4.78, 5) is 25.5. The summed E-state index contributed by atoms with van der Waals surface area (Å²) in [6, 6.07) is 20.5. The molecule has 29 heavy (non-hydrogen) atoms. The molecule has 0 spiro atoms. The van der Waals surface area contributed by atoms with E-state index < -0.39 is 41.4 Å². The van der Waals surface area contributed by atoms with Crippen molar-refractivity contribution in [3.05, 3.63) is 101 Å². The van der Waals surface area contributed by atoms with Crippen LogP contribution in [-0.4, -0.2) is 17.0 Å². The van der Waals surface area contributed by atoms with Crippen molar-refractivity contribution in [3.8, 4) is 5.75 Å². The summed E-state index contributed by atoms with van der Waals surface area (Å²) in [6.07, 6.45) is 0. The zero-order valence-corrected chi connectivity index (χ0v) is 15.3. The molecule has 144 valence electrons. The lowest BCUT2D eigenvalue weighted by Crippen LogP contribution is -2.48. The van der Waals surface area contributed by atoms with Gasteiger partial charge in [-0.25, -0.2) is 4.39 Å². The highest BCUT2D eigenvalue weighted by Crippen LogP contribution is 2.58. The van der Waals surface area contributed by atoms with Gasteiger partial charge in [0.2, 0.25) is 0 Å². The molecule has 6 rings (SSSR count). The number of fused-ring (bicyclic) bond motifs is 1. The zero-order valence-electron chi connectivity index (χ0n) is 15.3. The van der Waals surface area contributed by atoms with Gasteiger partial charge < -0.3 is 9.84 Å². The molecule has 0 fully saturated rings. The number of carbonyl (C=O) groups excluding carboxylic acids is 1. The van der Waals surface area contributed by atoms with E-state index in [9.17, 15) is 19.1 Å². The molecule has 4 nitrogen and oxygen atoms in total. The summed E-state index contributed by atoms with van der Waals surface area (Å²) in [6.45, 7) is 0. The molecule has 0 amide bonds. The molecule has 0 radical (unpaired) electrons. The fraction of sp³-hybridized carbons (Fsp3) is 0.167. The molecule has 1 N–H and O–H groups in total. The van der Waals surface area contributed by atoms with E-state index in [4.69, 9.17) is 4.74 Å². The second kappa shape index (κ2) is 6.55. The lowest BCUT2D eigenvalue weighted by molar-refractivity contribution is -0.154. The molecule has 0 saturated carbocycles. The van der Waals surface area contributed by atoms with Crippen LogP contribution < -0.4 is 4.74 Å². The second-order valence-corrected chi connectivity index (χ2v) is 7.48. The summed E-state index contributed by atoms with van der Waals surface area (Å²) in [7, 11) is 0. The maximum atomic E-state index is 13.2. The van der Waals surface area contributed by atoms with Gasteiger partial charge in [-0.3, -0.25) is 9.59 Å². The van der Waals surface area contributed by atoms with Crippen molar-refractivity contribution in [1.82, 2.24) is 0 Å². The smallest absolute Gasteiger partial charge is 0.316 e. The van der Waals surface area contributed by atoms with Crippen LogP contribution in [0.4, 0.5) is 4.39 Å². The molecule has 2 atom stereocenters. The van der Waals surface area contributed by atoms with Crippen LogP contribution in [0.2, 0.25) is 0 Å². The first-order valence-electron chi connectivity index (χ1n) is 9.44. The number of hydrogen-bond donors (Lipinski definition) is 1. The molecular formula is C24H17FO4. The van der Waals surface area contributed by atoms with Crippen molar-refractivity contribution < 1.29 is 23.8 Å². The third-order valence-electron chi connectivity index (χ3n) is 6.03. The fourth-order valence-electron chi connectivity index (χ4n) is 4.94. The lowest BCUT2D eigenvalue weighted by atomic mass is 9.54. The first kappa shape index (κ1) is 17.6. The van der Waals surface area contributed by atoms with Crippen LogP contribution in [-0.2, 0) is 9.59 Å². The van der Waals surface area contributed by atoms with Crippen molar-refractivity contribution >= 4 is 11.9 Å². The monoisotopic (exact) mass is 388 g/mol. The van der Waals surface area contributed by atoms with E-state index in [0.29, 0.717) is 0 Å². The first-order chi connectivity index (χ1) is 14.1. The Labute approximate surface area is 166 Å². The highest BCUT2D eigenvalue weighted by molar-refractivity contribution is 5.88. The van der Waals surface area contributed by atoms with Gasteiger partial charge in [0.05, 0.1) is 11.8 Å². The number of ether oxygens (including phenoxy) is 1. The minimum absolute atomic E-state index is 0.198. The van der Waals surface area contributed by atoms with Gasteiger partial charge in [-0.05, 0) is 46.5 Å².